The number of carboxylic acids is 1. The predicted molar refractivity (Wildman–Crippen MR) is 76.1 cm³/mol. The Kier molecular flexibility index (Phi) is 3.89. The van der Waals surface area contributed by atoms with Gasteiger partial charge in [0.25, 0.3) is 5.69 Å². The SMILES string of the molecule is Cc1cc(SC(C)C(=O)O)c2cc([N+](=O)[O-])ccc2n1. The maximum atomic E-state index is 11.0. The van der Waals surface area contributed by atoms with Gasteiger partial charge in [-0.2, -0.15) is 0 Å². The van der Waals surface area contributed by atoms with Gasteiger partial charge in [0.1, 0.15) is 5.25 Å². The van der Waals surface area contributed by atoms with Gasteiger partial charge < -0.3 is 5.11 Å². The van der Waals surface area contributed by atoms with Gasteiger partial charge in [0, 0.05) is 28.1 Å². The summed E-state index contributed by atoms with van der Waals surface area (Å²) >= 11 is 1.15. The van der Waals surface area contributed by atoms with Crippen molar-refractivity contribution in [3.8, 4) is 0 Å². The molecule has 7 heteroatoms. The molecule has 2 rings (SSSR count). The lowest BCUT2D eigenvalue weighted by Gasteiger charge is -2.10. The number of rotatable bonds is 4. The van der Waals surface area contributed by atoms with Crippen molar-refractivity contribution in [3.05, 3.63) is 40.1 Å². The second-order valence-electron chi connectivity index (χ2n) is 4.32. The molecule has 1 N–H and O–H groups in total. The molecular weight excluding hydrogens is 280 g/mol. The molecule has 0 radical (unpaired) electrons. The number of aryl methyl sites for hydroxylation is 1. The van der Waals surface area contributed by atoms with Crippen LogP contribution in [0.25, 0.3) is 10.9 Å². The van der Waals surface area contributed by atoms with E-state index in [9.17, 15) is 14.9 Å². The molecular formula is C13H12N2O4S. The van der Waals surface area contributed by atoms with E-state index < -0.39 is 16.1 Å². The standard InChI is InChI=1S/C13H12N2O4S/c1-7-5-12(20-8(2)13(16)17)10-6-9(15(18)19)3-4-11(10)14-7/h3-6,8H,1-2H3,(H,16,17). The lowest BCUT2D eigenvalue weighted by molar-refractivity contribution is -0.384. The third-order valence-electron chi connectivity index (χ3n) is 2.74. The zero-order chi connectivity index (χ0) is 14.9. The monoisotopic (exact) mass is 292 g/mol. The van der Waals surface area contributed by atoms with Crippen LogP contribution >= 0.6 is 11.8 Å². The highest BCUT2D eigenvalue weighted by Crippen LogP contribution is 2.32. The van der Waals surface area contributed by atoms with Crippen molar-refractivity contribution in [2.75, 3.05) is 0 Å². The second-order valence-corrected chi connectivity index (χ2v) is 5.70. The predicted octanol–water partition coefficient (Wildman–Crippen LogP) is 3.02. The largest absolute Gasteiger partial charge is 0.480 e. The van der Waals surface area contributed by atoms with Crippen LogP contribution in [0.15, 0.2) is 29.2 Å². The number of benzene rings is 1. The first-order valence-electron chi connectivity index (χ1n) is 5.83. The van der Waals surface area contributed by atoms with E-state index in [0.29, 0.717) is 15.8 Å². The summed E-state index contributed by atoms with van der Waals surface area (Å²) in [5, 5.41) is 19.8. The molecule has 0 saturated heterocycles. The number of fused-ring (bicyclic) bond motifs is 1. The highest BCUT2D eigenvalue weighted by atomic mass is 32.2. The Morgan fingerprint density at radius 3 is 2.75 bits per heavy atom. The first kappa shape index (κ1) is 14.3. The maximum absolute atomic E-state index is 11.0. The summed E-state index contributed by atoms with van der Waals surface area (Å²) in [6.07, 6.45) is 0. The van der Waals surface area contributed by atoms with Crippen LogP contribution in [0.3, 0.4) is 0 Å². The number of aliphatic carboxylic acids is 1. The number of aromatic nitrogens is 1. The first-order chi connectivity index (χ1) is 9.38. The fraction of sp³-hybridized carbons (Fsp3) is 0.231. The van der Waals surface area contributed by atoms with E-state index in [4.69, 9.17) is 5.11 Å². The minimum atomic E-state index is -0.928. The number of hydrogen-bond donors (Lipinski definition) is 1. The molecule has 0 spiro atoms. The molecule has 0 bridgehead atoms. The molecule has 6 nitrogen and oxygen atoms in total. The van der Waals surface area contributed by atoms with Crippen molar-refractivity contribution in [2.24, 2.45) is 0 Å². The molecule has 1 heterocycles. The molecule has 0 aliphatic heterocycles. The average molecular weight is 292 g/mol. The van der Waals surface area contributed by atoms with Gasteiger partial charge in [-0.1, -0.05) is 0 Å². The number of carbonyl (C=O) groups is 1. The van der Waals surface area contributed by atoms with Crippen molar-refractivity contribution in [3.63, 3.8) is 0 Å². The van der Waals surface area contributed by atoms with Crippen molar-refractivity contribution in [2.45, 2.75) is 24.0 Å². The molecule has 20 heavy (non-hydrogen) atoms. The molecule has 104 valence electrons. The van der Waals surface area contributed by atoms with Crippen LogP contribution in [-0.2, 0) is 4.79 Å². The highest BCUT2D eigenvalue weighted by Gasteiger charge is 2.16. The minimum Gasteiger partial charge on any atom is -0.480 e. The van der Waals surface area contributed by atoms with Crippen molar-refractivity contribution < 1.29 is 14.8 Å². The van der Waals surface area contributed by atoms with Gasteiger partial charge in [0.2, 0.25) is 0 Å². The van der Waals surface area contributed by atoms with Gasteiger partial charge in [-0.05, 0) is 26.0 Å². The highest BCUT2D eigenvalue weighted by molar-refractivity contribution is 8.00. The fourth-order valence-electron chi connectivity index (χ4n) is 1.76. The molecule has 1 unspecified atom stereocenters. The Balaban J connectivity index is 2.58. The molecule has 0 amide bonds. The normalized spacial score (nSPS) is 12.3. The number of thioether (sulfide) groups is 1. The molecule has 0 fully saturated rings. The molecule has 0 saturated carbocycles. The van der Waals surface area contributed by atoms with Crippen LogP contribution in [0.2, 0.25) is 0 Å². The molecule has 0 aliphatic rings. The average Bonchev–Trinajstić information content (AvgIpc) is 2.37. The fourth-order valence-corrected chi connectivity index (χ4v) is 2.77. The molecule has 2 aromatic rings. The quantitative estimate of drug-likeness (QED) is 0.529. The maximum Gasteiger partial charge on any atom is 0.316 e. The van der Waals surface area contributed by atoms with Crippen LogP contribution in [0.4, 0.5) is 5.69 Å². The Hall–Kier alpha value is -2.15. The van der Waals surface area contributed by atoms with Gasteiger partial charge in [0.05, 0.1) is 10.4 Å². The molecule has 1 aromatic carbocycles. The number of carboxylic acid groups (broad SMARTS) is 1. The smallest absolute Gasteiger partial charge is 0.316 e. The third kappa shape index (κ3) is 2.88. The summed E-state index contributed by atoms with van der Waals surface area (Å²) in [5.74, 6) is -0.928. The topological polar surface area (TPSA) is 93.3 Å². The van der Waals surface area contributed by atoms with Crippen LogP contribution in [-0.4, -0.2) is 26.2 Å². The van der Waals surface area contributed by atoms with Crippen LogP contribution < -0.4 is 0 Å². The molecule has 1 atom stereocenters. The van der Waals surface area contributed by atoms with Crippen LogP contribution in [0.5, 0.6) is 0 Å². The Bertz CT molecular complexity index is 702. The first-order valence-corrected chi connectivity index (χ1v) is 6.71. The molecule has 1 aromatic heterocycles. The second kappa shape index (κ2) is 5.46. The lowest BCUT2D eigenvalue weighted by atomic mass is 10.2. The minimum absolute atomic E-state index is 0.0343. The van der Waals surface area contributed by atoms with Gasteiger partial charge in [0.15, 0.2) is 0 Å². The summed E-state index contributed by atoms with van der Waals surface area (Å²) in [6, 6.07) is 6.15. The van der Waals surface area contributed by atoms with E-state index in [1.165, 1.54) is 12.1 Å². The third-order valence-corrected chi connectivity index (χ3v) is 3.89. The number of pyridine rings is 1. The van der Waals surface area contributed by atoms with Crippen molar-refractivity contribution in [1.29, 1.82) is 0 Å². The number of nitrogens with zero attached hydrogens (tertiary/aromatic N) is 2. The van der Waals surface area contributed by atoms with Crippen LogP contribution in [0.1, 0.15) is 12.6 Å². The number of nitro groups is 1. The van der Waals surface area contributed by atoms with Gasteiger partial charge >= 0.3 is 5.97 Å². The van der Waals surface area contributed by atoms with Crippen LogP contribution in [0, 0.1) is 17.0 Å². The number of hydrogen-bond acceptors (Lipinski definition) is 5. The van der Waals surface area contributed by atoms with E-state index in [1.54, 1.807) is 26.0 Å². The summed E-state index contributed by atoms with van der Waals surface area (Å²) < 4.78 is 0. The zero-order valence-electron chi connectivity index (χ0n) is 10.9. The van der Waals surface area contributed by atoms with E-state index in [2.05, 4.69) is 4.98 Å². The van der Waals surface area contributed by atoms with Gasteiger partial charge in [-0.3, -0.25) is 19.9 Å². The lowest BCUT2D eigenvalue weighted by Crippen LogP contribution is -2.11. The van der Waals surface area contributed by atoms with Gasteiger partial charge in [-0.15, -0.1) is 11.8 Å². The van der Waals surface area contributed by atoms with E-state index in [0.717, 1.165) is 17.5 Å². The summed E-state index contributed by atoms with van der Waals surface area (Å²) in [5.41, 5.74) is 1.33. The van der Waals surface area contributed by atoms with Gasteiger partial charge in [-0.25, -0.2) is 0 Å². The van der Waals surface area contributed by atoms with E-state index in [1.807, 2.05) is 0 Å². The number of nitro benzene ring substituents is 1. The summed E-state index contributed by atoms with van der Waals surface area (Å²) in [6.45, 7) is 3.38. The Labute approximate surface area is 119 Å². The summed E-state index contributed by atoms with van der Waals surface area (Å²) in [7, 11) is 0. The molecule has 0 aliphatic carbocycles. The number of non-ortho nitro benzene ring substituents is 1. The summed E-state index contributed by atoms with van der Waals surface area (Å²) in [4.78, 5) is 26.3. The zero-order valence-corrected chi connectivity index (χ0v) is 11.7. The van der Waals surface area contributed by atoms with E-state index >= 15 is 0 Å². The Morgan fingerprint density at radius 2 is 2.15 bits per heavy atom. The van der Waals surface area contributed by atoms with Crippen molar-refractivity contribution in [1.82, 2.24) is 4.98 Å². The van der Waals surface area contributed by atoms with E-state index in [-0.39, 0.29) is 5.69 Å². The van der Waals surface area contributed by atoms with Crippen molar-refractivity contribution >= 4 is 34.3 Å². The Morgan fingerprint density at radius 1 is 1.45 bits per heavy atom.